The first-order chi connectivity index (χ1) is 10.7. The molecule has 2 aromatic rings. The Balaban J connectivity index is 2.37. The van der Waals surface area contributed by atoms with Crippen molar-refractivity contribution in [3.05, 3.63) is 65.6 Å². The van der Waals surface area contributed by atoms with Crippen LogP contribution in [0.3, 0.4) is 0 Å². The summed E-state index contributed by atoms with van der Waals surface area (Å²) in [6.45, 7) is 0. The van der Waals surface area contributed by atoms with Gasteiger partial charge in [0.05, 0.1) is 5.69 Å². The van der Waals surface area contributed by atoms with Crippen molar-refractivity contribution in [2.24, 2.45) is 0 Å². The van der Waals surface area contributed by atoms with Crippen molar-refractivity contribution < 1.29 is 4.39 Å². The van der Waals surface area contributed by atoms with Gasteiger partial charge in [-0.05, 0) is 23.3 Å². The predicted molar refractivity (Wildman–Crippen MR) is 79.3 cm³/mol. The third-order valence-electron chi connectivity index (χ3n) is 2.92. The summed E-state index contributed by atoms with van der Waals surface area (Å²) in [6, 6.07) is 18.6. The second-order valence-corrected chi connectivity index (χ2v) is 4.27. The van der Waals surface area contributed by atoms with Crippen molar-refractivity contribution in [3.8, 4) is 29.3 Å². The van der Waals surface area contributed by atoms with Crippen LogP contribution in [0.2, 0.25) is 0 Å². The minimum absolute atomic E-state index is 0.0271. The molecule has 2 aromatic carbocycles. The Hall–Kier alpha value is -3.62. The van der Waals surface area contributed by atoms with E-state index in [0.29, 0.717) is 5.56 Å². The highest BCUT2D eigenvalue weighted by atomic mass is 19.1. The van der Waals surface area contributed by atoms with Gasteiger partial charge in [-0.1, -0.05) is 36.4 Å². The molecule has 0 aliphatic heterocycles. The fourth-order valence-electron chi connectivity index (χ4n) is 1.84. The second-order valence-electron chi connectivity index (χ2n) is 4.27. The van der Waals surface area contributed by atoms with Gasteiger partial charge in [-0.25, -0.2) is 4.39 Å². The van der Waals surface area contributed by atoms with Crippen LogP contribution in [0.5, 0.6) is 0 Å². The molecular weight excluding hydrogens is 279 g/mol. The summed E-state index contributed by atoms with van der Waals surface area (Å²) in [4.78, 5) is 0. The number of hydrogen-bond acceptors (Lipinski definition) is 4. The number of hydrogen-bond donors (Lipinski definition) is 1. The van der Waals surface area contributed by atoms with Crippen molar-refractivity contribution in [2.75, 3.05) is 5.32 Å². The summed E-state index contributed by atoms with van der Waals surface area (Å²) in [7, 11) is 0. The molecule has 0 atom stereocenters. The molecule has 0 radical (unpaired) electrons. The lowest BCUT2D eigenvalue weighted by atomic mass is 10.1. The summed E-state index contributed by atoms with van der Waals surface area (Å²) >= 11 is 0. The van der Waals surface area contributed by atoms with Gasteiger partial charge in [0, 0.05) is 0 Å². The zero-order chi connectivity index (χ0) is 15.9. The average molecular weight is 288 g/mol. The maximum Gasteiger partial charge on any atom is 0.163 e. The lowest BCUT2D eigenvalue weighted by Crippen LogP contribution is -2.02. The maximum atomic E-state index is 14.1. The Labute approximate surface area is 127 Å². The smallest absolute Gasteiger partial charge is 0.163 e. The molecule has 0 fully saturated rings. The molecule has 0 aliphatic carbocycles. The second kappa shape index (κ2) is 6.70. The van der Waals surface area contributed by atoms with Crippen molar-refractivity contribution in [2.45, 2.75) is 0 Å². The van der Waals surface area contributed by atoms with E-state index in [1.807, 2.05) is 30.3 Å². The van der Waals surface area contributed by atoms with E-state index < -0.39 is 11.4 Å². The standard InChI is InChI=1S/C17H9FN4/c18-15-8-13(12-4-2-1-3-5-12)6-7-16(15)22-17(11-21)14(9-19)10-20/h1-8,22H. The van der Waals surface area contributed by atoms with Gasteiger partial charge in [-0.2, -0.15) is 15.8 Å². The first kappa shape index (κ1) is 14.8. The summed E-state index contributed by atoms with van der Waals surface area (Å²) in [5.74, 6) is -0.579. The Morgan fingerprint density at radius 3 is 2.09 bits per heavy atom. The summed E-state index contributed by atoms with van der Waals surface area (Å²) in [6.07, 6.45) is 0. The van der Waals surface area contributed by atoms with Crippen LogP contribution in [0.25, 0.3) is 11.1 Å². The number of nitriles is 3. The van der Waals surface area contributed by atoms with Gasteiger partial charge in [0.2, 0.25) is 0 Å². The molecule has 0 aliphatic rings. The van der Waals surface area contributed by atoms with Crippen molar-refractivity contribution in [1.29, 1.82) is 15.8 Å². The number of rotatable bonds is 3. The molecule has 5 heteroatoms. The van der Waals surface area contributed by atoms with Crippen LogP contribution in [0, 0.1) is 39.8 Å². The van der Waals surface area contributed by atoms with E-state index in [1.165, 1.54) is 12.1 Å². The van der Waals surface area contributed by atoms with E-state index in [4.69, 9.17) is 15.8 Å². The highest BCUT2D eigenvalue weighted by molar-refractivity contribution is 5.68. The number of anilines is 1. The zero-order valence-corrected chi connectivity index (χ0v) is 11.3. The first-order valence-electron chi connectivity index (χ1n) is 6.26. The number of halogens is 1. The van der Waals surface area contributed by atoms with Gasteiger partial charge in [-0.15, -0.1) is 0 Å². The molecule has 2 rings (SSSR count). The van der Waals surface area contributed by atoms with Gasteiger partial charge in [0.25, 0.3) is 0 Å². The van der Waals surface area contributed by atoms with E-state index in [9.17, 15) is 4.39 Å². The summed E-state index contributed by atoms with van der Waals surface area (Å²) < 4.78 is 14.1. The summed E-state index contributed by atoms with van der Waals surface area (Å²) in [5.41, 5.74) is 0.898. The van der Waals surface area contributed by atoms with Crippen LogP contribution >= 0.6 is 0 Å². The number of allylic oxidation sites excluding steroid dienone is 2. The fourth-order valence-corrected chi connectivity index (χ4v) is 1.84. The molecular formula is C17H9FN4. The molecule has 22 heavy (non-hydrogen) atoms. The van der Waals surface area contributed by atoms with Gasteiger partial charge >= 0.3 is 0 Å². The van der Waals surface area contributed by atoms with Crippen LogP contribution in [0.1, 0.15) is 0 Å². The predicted octanol–water partition coefficient (Wildman–Crippen LogP) is 3.73. The highest BCUT2D eigenvalue weighted by Crippen LogP contribution is 2.25. The van der Waals surface area contributed by atoms with Crippen LogP contribution < -0.4 is 5.32 Å². The van der Waals surface area contributed by atoms with Crippen LogP contribution in [-0.2, 0) is 0 Å². The Kier molecular flexibility index (Phi) is 4.50. The monoisotopic (exact) mass is 288 g/mol. The molecule has 0 saturated carbocycles. The van der Waals surface area contributed by atoms with E-state index in [-0.39, 0.29) is 11.4 Å². The van der Waals surface area contributed by atoms with Gasteiger partial charge in [-0.3, -0.25) is 0 Å². The number of benzene rings is 2. The Morgan fingerprint density at radius 2 is 1.55 bits per heavy atom. The molecule has 0 unspecified atom stereocenters. The SMILES string of the molecule is N#CC(C#N)=C(C#N)Nc1ccc(-c2ccccc2)cc1F. The maximum absolute atomic E-state index is 14.1. The van der Waals surface area contributed by atoms with Crippen molar-refractivity contribution >= 4 is 5.69 Å². The topological polar surface area (TPSA) is 83.4 Å². The van der Waals surface area contributed by atoms with Gasteiger partial charge in [0.1, 0.15) is 29.7 Å². The lowest BCUT2D eigenvalue weighted by molar-refractivity contribution is 0.632. The fraction of sp³-hybridized carbons (Fsp3) is 0. The van der Waals surface area contributed by atoms with Crippen molar-refractivity contribution in [1.82, 2.24) is 0 Å². The average Bonchev–Trinajstić information content (AvgIpc) is 2.57. The zero-order valence-electron chi connectivity index (χ0n) is 11.3. The first-order valence-corrected chi connectivity index (χ1v) is 6.26. The Bertz CT molecular complexity index is 833. The van der Waals surface area contributed by atoms with Gasteiger partial charge < -0.3 is 5.32 Å². The van der Waals surface area contributed by atoms with E-state index in [1.54, 1.807) is 24.3 Å². The number of nitrogens with zero attached hydrogens (tertiary/aromatic N) is 3. The lowest BCUT2D eigenvalue weighted by Gasteiger charge is -2.08. The molecule has 0 amide bonds. The third kappa shape index (κ3) is 3.10. The van der Waals surface area contributed by atoms with Crippen molar-refractivity contribution in [3.63, 3.8) is 0 Å². The minimum Gasteiger partial charge on any atom is -0.343 e. The quantitative estimate of drug-likeness (QED) is 0.872. The minimum atomic E-state index is -0.579. The van der Waals surface area contributed by atoms with E-state index in [2.05, 4.69) is 5.32 Å². The molecule has 0 spiro atoms. The summed E-state index contributed by atoms with van der Waals surface area (Å²) in [5, 5.41) is 28.9. The molecule has 104 valence electrons. The van der Waals surface area contributed by atoms with Gasteiger partial charge in [0.15, 0.2) is 5.57 Å². The molecule has 0 aromatic heterocycles. The van der Waals surface area contributed by atoms with E-state index in [0.717, 1.165) is 5.56 Å². The Morgan fingerprint density at radius 1 is 0.864 bits per heavy atom. The van der Waals surface area contributed by atoms with Crippen LogP contribution in [0.4, 0.5) is 10.1 Å². The van der Waals surface area contributed by atoms with E-state index >= 15 is 0 Å². The molecule has 1 N–H and O–H groups in total. The van der Waals surface area contributed by atoms with Crippen LogP contribution in [0.15, 0.2) is 59.8 Å². The van der Waals surface area contributed by atoms with Crippen LogP contribution in [-0.4, -0.2) is 0 Å². The number of nitrogens with one attached hydrogen (secondary N) is 1. The highest BCUT2D eigenvalue weighted by Gasteiger charge is 2.10. The normalized spacial score (nSPS) is 9.00. The largest absolute Gasteiger partial charge is 0.343 e. The molecule has 0 saturated heterocycles. The molecule has 4 nitrogen and oxygen atoms in total. The molecule has 0 bridgehead atoms. The molecule has 0 heterocycles. The third-order valence-corrected chi connectivity index (χ3v) is 2.92.